The molecule has 0 atom stereocenters. The number of para-hydroxylation sites is 1. The third kappa shape index (κ3) is 2.52. The normalized spacial score (nSPS) is 10.9. The van der Waals surface area contributed by atoms with Gasteiger partial charge in [0, 0.05) is 26.5 Å². The minimum atomic E-state index is 0.547. The second-order valence-electron chi connectivity index (χ2n) is 4.58. The van der Waals surface area contributed by atoms with Gasteiger partial charge in [-0.05, 0) is 52.9 Å². The van der Waals surface area contributed by atoms with E-state index in [-0.39, 0.29) is 0 Å². The zero-order valence-corrected chi connectivity index (χ0v) is 13.9. The Kier molecular flexibility index (Phi) is 3.89. The van der Waals surface area contributed by atoms with Crippen LogP contribution in [0.1, 0.15) is 5.69 Å². The van der Waals surface area contributed by atoms with Crippen molar-refractivity contribution in [1.82, 2.24) is 4.57 Å². The van der Waals surface area contributed by atoms with E-state index in [1.165, 1.54) is 20.2 Å². The Balaban J connectivity index is 1.89. The highest BCUT2D eigenvalue weighted by molar-refractivity contribution is 14.1. The fourth-order valence-corrected chi connectivity index (χ4v) is 3.34. The molecule has 0 aliphatic carbocycles. The monoisotopic (exact) mass is 397 g/mol. The van der Waals surface area contributed by atoms with Gasteiger partial charge in [0.2, 0.25) is 0 Å². The maximum Gasteiger partial charge on any atom is 0.129 e. The lowest BCUT2D eigenvalue weighted by Gasteiger charge is -2.08. The Hall–Kier alpha value is -1.20. The van der Waals surface area contributed by atoms with Gasteiger partial charge in [0.25, 0.3) is 0 Å². The van der Waals surface area contributed by atoms with E-state index in [2.05, 4.69) is 58.5 Å². The molecule has 20 heavy (non-hydrogen) atoms. The molecule has 4 heteroatoms. The summed E-state index contributed by atoms with van der Waals surface area (Å²) in [7, 11) is 2.07. The zero-order chi connectivity index (χ0) is 14.1. The van der Waals surface area contributed by atoms with Gasteiger partial charge in [-0.3, -0.25) is 0 Å². The molecule has 0 radical (unpaired) electrons. The Morgan fingerprint density at radius 2 is 1.80 bits per heavy atom. The van der Waals surface area contributed by atoms with Crippen molar-refractivity contribution in [3.8, 4) is 5.75 Å². The highest BCUT2D eigenvalue weighted by atomic mass is 127. The van der Waals surface area contributed by atoms with Crippen LogP contribution >= 0.6 is 34.2 Å². The van der Waals surface area contributed by atoms with Crippen molar-refractivity contribution in [1.29, 1.82) is 0 Å². The molecule has 102 valence electrons. The topological polar surface area (TPSA) is 14.2 Å². The van der Waals surface area contributed by atoms with E-state index >= 15 is 0 Å². The SMILES string of the molecule is Cn1c(COc2ccc(Cl)cc2)c(I)c2ccccc21. The molecule has 1 aromatic heterocycles. The summed E-state index contributed by atoms with van der Waals surface area (Å²) in [6, 6.07) is 15.8. The summed E-state index contributed by atoms with van der Waals surface area (Å²) >= 11 is 8.26. The molecular formula is C16H13ClINO. The van der Waals surface area contributed by atoms with Crippen LogP contribution in [0, 0.1) is 3.57 Å². The summed E-state index contributed by atoms with van der Waals surface area (Å²) in [6.45, 7) is 0.547. The smallest absolute Gasteiger partial charge is 0.129 e. The van der Waals surface area contributed by atoms with Crippen LogP contribution in [0.15, 0.2) is 48.5 Å². The molecule has 0 aliphatic rings. The van der Waals surface area contributed by atoms with Crippen LogP contribution in [0.5, 0.6) is 5.75 Å². The number of fused-ring (bicyclic) bond motifs is 1. The average molecular weight is 398 g/mol. The van der Waals surface area contributed by atoms with E-state index in [0.29, 0.717) is 6.61 Å². The zero-order valence-electron chi connectivity index (χ0n) is 10.9. The van der Waals surface area contributed by atoms with Crippen LogP contribution in [0.25, 0.3) is 10.9 Å². The van der Waals surface area contributed by atoms with Gasteiger partial charge in [-0.25, -0.2) is 0 Å². The highest BCUT2D eigenvalue weighted by Crippen LogP contribution is 2.27. The molecular weight excluding hydrogens is 385 g/mol. The van der Waals surface area contributed by atoms with Gasteiger partial charge < -0.3 is 9.30 Å². The molecule has 0 spiro atoms. The van der Waals surface area contributed by atoms with Gasteiger partial charge in [-0.15, -0.1) is 0 Å². The van der Waals surface area contributed by atoms with Crippen LogP contribution in [0.4, 0.5) is 0 Å². The first-order valence-corrected chi connectivity index (χ1v) is 7.72. The molecule has 0 saturated heterocycles. The van der Waals surface area contributed by atoms with Crippen molar-refractivity contribution in [3.63, 3.8) is 0 Å². The molecule has 0 fully saturated rings. The molecule has 3 rings (SSSR count). The summed E-state index contributed by atoms with van der Waals surface area (Å²) in [5.41, 5.74) is 2.41. The van der Waals surface area contributed by atoms with Gasteiger partial charge in [0.1, 0.15) is 12.4 Å². The third-order valence-electron chi connectivity index (χ3n) is 3.35. The van der Waals surface area contributed by atoms with E-state index in [1.54, 1.807) is 0 Å². The largest absolute Gasteiger partial charge is 0.487 e. The van der Waals surface area contributed by atoms with Gasteiger partial charge in [0.15, 0.2) is 0 Å². The lowest BCUT2D eigenvalue weighted by Crippen LogP contribution is -2.03. The highest BCUT2D eigenvalue weighted by Gasteiger charge is 2.12. The Morgan fingerprint density at radius 1 is 1.10 bits per heavy atom. The number of aryl methyl sites for hydroxylation is 1. The minimum Gasteiger partial charge on any atom is -0.487 e. The lowest BCUT2D eigenvalue weighted by molar-refractivity contribution is 0.297. The van der Waals surface area contributed by atoms with Gasteiger partial charge in [0.05, 0.1) is 5.69 Å². The van der Waals surface area contributed by atoms with Crippen LogP contribution in [0.3, 0.4) is 0 Å². The van der Waals surface area contributed by atoms with Crippen molar-refractivity contribution in [3.05, 3.63) is 62.8 Å². The van der Waals surface area contributed by atoms with Crippen LogP contribution < -0.4 is 4.74 Å². The molecule has 0 N–H and O–H groups in total. The number of nitrogens with zero attached hydrogens (tertiary/aromatic N) is 1. The maximum absolute atomic E-state index is 5.87. The predicted molar refractivity (Wildman–Crippen MR) is 91.4 cm³/mol. The Labute approximate surface area is 136 Å². The van der Waals surface area contributed by atoms with Crippen molar-refractivity contribution in [2.24, 2.45) is 7.05 Å². The van der Waals surface area contributed by atoms with E-state index < -0.39 is 0 Å². The average Bonchev–Trinajstić information content (AvgIpc) is 2.71. The van der Waals surface area contributed by atoms with E-state index in [1.807, 2.05) is 24.3 Å². The molecule has 2 aromatic carbocycles. The minimum absolute atomic E-state index is 0.547. The molecule has 0 unspecified atom stereocenters. The first-order valence-electron chi connectivity index (χ1n) is 6.27. The fraction of sp³-hybridized carbons (Fsp3) is 0.125. The Morgan fingerprint density at radius 3 is 2.50 bits per heavy atom. The number of ether oxygens (including phenoxy) is 1. The summed E-state index contributed by atoms with van der Waals surface area (Å²) < 4.78 is 9.29. The van der Waals surface area contributed by atoms with E-state index in [9.17, 15) is 0 Å². The number of halogens is 2. The van der Waals surface area contributed by atoms with Crippen molar-refractivity contribution < 1.29 is 4.74 Å². The van der Waals surface area contributed by atoms with E-state index in [0.717, 1.165) is 10.8 Å². The van der Waals surface area contributed by atoms with E-state index in [4.69, 9.17) is 16.3 Å². The summed E-state index contributed by atoms with van der Waals surface area (Å²) in [6.07, 6.45) is 0. The first-order chi connectivity index (χ1) is 9.66. The summed E-state index contributed by atoms with van der Waals surface area (Å²) in [5.74, 6) is 0.829. The molecule has 1 heterocycles. The molecule has 3 aromatic rings. The molecule has 0 amide bonds. The number of rotatable bonds is 3. The van der Waals surface area contributed by atoms with Crippen LogP contribution in [-0.4, -0.2) is 4.57 Å². The number of hydrogen-bond donors (Lipinski definition) is 0. The standard InChI is InChI=1S/C16H13ClINO/c1-19-14-5-3-2-4-13(14)16(18)15(19)10-20-12-8-6-11(17)7-9-12/h2-9H,10H2,1H3. The second kappa shape index (κ2) is 5.66. The van der Waals surface area contributed by atoms with Crippen molar-refractivity contribution in [2.75, 3.05) is 0 Å². The summed E-state index contributed by atoms with van der Waals surface area (Å²) in [4.78, 5) is 0. The molecule has 0 saturated carbocycles. The van der Waals surface area contributed by atoms with Crippen molar-refractivity contribution >= 4 is 45.1 Å². The quantitative estimate of drug-likeness (QED) is 0.566. The number of benzene rings is 2. The Bertz CT molecular complexity index is 710. The van der Waals surface area contributed by atoms with Gasteiger partial charge in [-0.1, -0.05) is 29.8 Å². The number of hydrogen-bond acceptors (Lipinski definition) is 1. The second-order valence-corrected chi connectivity index (χ2v) is 6.09. The van der Waals surface area contributed by atoms with Crippen molar-refractivity contribution in [2.45, 2.75) is 6.61 Å². The van der Waals surface area contributed by atoms with Gasteiger partial charge in [-0.2, -0.15) is 0 Å². The molecule has 0 aliphatic heterocycles. The maximum atomic E-state index is 5.87. The third-order valence-corrected chi connectivity index (χ3v) is 4.80. The lowest BCUT2D eigenvalue weighted by atomic mass is 10.2. The first kappa shape index (κ1) is 13.8. The predicted octanol–water partition coefficient (Wildman–Crippen LogP) is 5.02. The number of aromatic nitrogens is 1. The van der Waals surface area contributed by atoms with Crippen LogP contribution in [-0.2, 0) is 13.7 Å². The summed E-state index contributed by atoms with van der Waals surface area (Å²) in [5, 5.41) is 1.99. The fourth-order valence-electron chi connectivity index (χ4n) is 2.24. The molecule has 0 bridgehead atoms. The van der Waals surface area contributed by atoms with Gasteiger partial charge >= 0.3 is 0 Å². The molecule has 2 nitrogen and oxygen atoms in total. The van der Waals surface area contributed by atoms with Crippen LogP contribution in [0.2, 0.25) is 5.02 Å².